The van der Waals surface area contributed by atoms with E-state index >= 15 is 0 Å². The van der Waals surface area contributed by atoms with Crippen LogP contribution in [0.15, 0.2) is 158 Å². The number of amides is 1. The fourth-order valence-corrected chi connectivity index (χ4v) is 6.84. The van der Waals surface area contributed by atoms with Gasteiger partial charge in [-0.25, -0.2) is 14.7 Å². The van der Waals surface area contributed by atoms with Gasteiger partial charge in [0, 0.05) is 6.42 Å². The monoisotopic (exact) mass is 730 g/mol. The number of rotatable bonds is 13. The number of Topliss-reactive ketones (excluding diaryl/α,β-unsaturated/α-hetero) is 1. The molecule has 2 atom stereocenters. The smallest absolute Gasteiger partial charge is 0.388 e. The Labute approximate surface area is 317 Å². The number of nitrogens with one attached hydrogen (secondary N) is 1. The molecule has 7 aromatic rings. The van der Waals surface area contributed by atoms with Crippen molar-refractivity contribution in [1.29, 1.82) is 0 Å². The topological polar surface area (TPSA) is 132 Å². The number of imidazole rings is 1. The number of fused-ring (bicyclic) bond motifs is 1. The van der Waals surface area contributed by atoms with Crippen molar-refractivity contribution >= 4 is 40.4 Å². The molecule has 1 aliphatic rings. The van der Waals surface area contributed by atoms with Gasteiger partial charge in [-0.2, -0.15) is 9.97 Å². The molecule has 1 fully saturated rings. The molecule has 8 rings (SSSR count). The van der Waals surface area contributed by atoms with Crippen molar-refractivity contribution < 1.29 is 24.2 Å². The number of hydrogen-bond donors (Lipinski definition) is 2. The summed E-state index contributed by atoms with van der Waals surface area (Å²) >= 11 is 0. The molecule has 2 N–H and O–H groups in total. The molecule has 1 amide bonds. The molecular weight excluding hydrogens is 693 g/mol. The summed E-state index contributed by atoms with van der Waals surface area (Å²) in [6, 6.07) is 48.3. The number of aliphatic hydroxyl groups is 1. The highest BCUT2D eigenvalue weighted by atomic mass is 16.6. The van der Waals surface area contributed by atoms with Crippen LogP contribution in [0.25, 0.3) is 11.2 Å². The number of benzene rings is 5. The minimum atomic E-state index is -1.30. The predicted octanol–water partition coefficient (Wildman–Crippen LogP) is 7.68. The molecular formula is C44H38N6O5. The highest BCUT2D eigenvalue weighted by molar-refractivity contribution is 5.98. The number of aromatic nitrogens is 4. The number of ketones is 1. The summed E-state index contributed by atoms with van der Waals surface area (Å²) in [7, 11) is 0. The molecule has 0 aliphatic heterocycles. The molecule has 0 saturated heterocycles. The van der Waals surface area contributed by atoms with Crippen molar-refractivity contribution in [3.63, 3.8) is 0 Å². The Bertz CT molecular complexity index is 2280. The van der Waals surface area contributed by atoms with Gasteiger partial charge in [-0.15, -0.1) is 0 Å². The minimum absolute atomic E-state index is 0.0480. The van der Waals surface area contributed by atoms with E-state index in [-0.39, 0.29) is 36.2 Å². The molecule has 0 spiro atoms. The van der Waals surface area contributed by atoms with Crippen LogP contribution >= 0.6 is 0 Å². The molecule has 2 heterocycles. The molecule has 1 saturated carbocycles. The second kappa shape index (κ2) is 15.0. The van der Waals surface area contributed by atoms with E-state index in [1.54, 1.807) is 28.8 Å². The highest BCUT2D eigenvalue weighted by Gasteiger charge is 2.58. The van der Waals surface area contributed by atoms with Crippen molar-refractivity contribution in [2.45, 2.75) is 37.2 Å². The minimum Gasteiger partial charge on any atom is -0.388 e. The molecule has 0 radical (unpaired) electrons. The SMILES string of the molecule is CC(=O)CNc1nc(OC(=O)N(c2ccccc2)c2ccccc2)c2ncn(C[C@]3(O)C[C@H]3OC(c3ccccc3)(c3ccccc3)c3ccccc3)c2n1. The quantitative estimate of drug-likeness (QED) is 0.115. The maximum atomic E-state index is 14.0. The van der Waals surface area contributed by atoms with Crippen LogP contribution in [-0.4, -0.2) is 54.8 Å². The molecule has 0 unspecified atom stereocenters. The van der Waals surface area contributed by atoms with Crippen LogP contribution in [0.4, 0.5) is 22.1 Å². The van der Waals surface area contributed by atoms with Crippen LogP contribution in [0, 0.1) is 0 Å². The first-order valence-corrected chi connectivity index (χ1v) is 18.0. The van der Waals surface area contributed by atoms with Gasteiger partial charge in [0.15, 0.2) is 11.2 Å². The summed E-state index contributed by atoms with van der Waals surface area (Å²) in [6.07, 6.45) is 0.569. The summed E-state index contributed by atoms with van der Waals surface area (Å²) in [4.78, 5) is 41.0. The Kier molecular flexibility index (Phi) is 9.62. The number of nitrogens with zero attached hydrogens (tertiary/aromatic N) is 5. The molecule has 2 aromatic heterocycles. The molecule has 5 aromatic carbocycles. The van der Waals surface area contributed by atoms with Crippen molar-refractivity contribution in [2.24, 2.45) is 0 Å². The first-order chi connectivity index (χ1) is 26.8. The lowest BCUT2D eigenvalue weighted by molar-refractivity contribution is -0.115. The lowest BCUT2D eigenvalue weighted by Gasteiger charge is -2.36. The molecule has 11 nitrogen and oxygen atoms in total. The number of anilines is 3. The van der Waals surface area contributed by atoms with Crippen molar-refractivity contribution in [2.75, 3.05) is 16.8 Å². The van der Waals surface area contributed by atoms with Crippen molar-refractivity contribution in [3.05, 3.63) is 175 Å². The van der Waals surface area contributed by atoms with Crippen LogP contribution in [0.5, 0.6) is 5.88 Å². The Morgan fingerprint density at radius 1 is 0.782 bits per heavy atom. The highest BCUT2D eigenvalue weighted by Crippen LogP contribution is 2.50. The van der Waals surface area contributed by atoms with E-state index in [1.165, 1.54) is 18.2 Å². The van der Waals surface area contributed by atoms with E-state index in [9.17, 15) is 14.7 Å². The van der Waals surface area contributed by atoms with Gasteiger partial charge < -0.3 is 24.5 Å². The van der Waals surface area contributed by atoms with E-state index in [2.05, 4.69) is 20.3 Å². The van der Waals surface area contributed by atoms with Gasteiger partial charge in [0.1, 0.15) is 17.0 Å². The van der Waals surface area contributed by atoms with E-state index in [4.69, 9.17) is 9.47 Å². The van der Waals surface area contributed by atoms with Crippen molar-refractivity contribution in [3.8, 4) is 5.88 Å². The van der Waals surface area contributed by atoms with E-state index in [1.807, 2.05) is 127 Å². The van der Waals surface area contributed by atoms with E-state index in [0.29, 0.717) is 23.4 Å². The first kappa shape index (κ1) is 35.3. The fraction of sp³-hybridized carbons (Fsp3) is 0.159. The van der Waals surface area contributed by atoms with Crippen LogP contribution in [-0.2, 0) is 21.7 Å². The fourth-order valence-electron chi connectivity index (χ4n) is 6.84. The van der Waals surface area contributed by atoms with Gasteiger partial charge in [0.25, 0.3) is 5.88 Å². The third-order valence-corrected chi connectivity index (χ3v) is 9.60. The molecule has 1 aliphatic carbocycles. The van der Waals surface area contributed by atoms with Crippen LogP contribution in [0.3, 0.4) is 0 Å². The second-order valence-electron chi connectivity index (χ2n) is 13.5. The molecule has 0 bridgehead atoms. The molecule has 274 valence electrons. The van der Waals surface area contributed by atoms with Gasteiger partial charge in [-0.1, -0.05) is 127 Å². The van der Waals surface area contributed by atoms with E-state index in [0.717, 1.165) is 16.7 Å². The lowest BCUT2D eigenvalue weighted by atomic mass is 9.80. The summed E-state index contributed by atoms with van der Waals surface area (Å²) < 4.78 is 14.8. The summed E-state index contributed by atoms with van der Waals surface area (Å²) in [5, 5.41) is 15.1. The summed E-state index contributed by atoms with van der Waals surface area (Å²) in [6.45, 7) is 1.46. The van der Waals surface area contributed by atoms with Gasteiger partial charge in [-0.3, -0.25) is 4.79 Å². The number of para-hydroxylation sites is 2. The Balaban J connectivity index is 1.13. The first-order valence-electron chi connectivity index (χ1n) is 18.0. The number of carbonyl (C=O) groups excluding carboxylic acids is 2. The lowest BCUT2D eigenvalue weighted by Crippen LogP contribution is -2.36. The third-order valence-electron chi connectivity index (χ3n) is 9.60. The molecule has 11 heteroatoms. The third kappa shape index (κ3) is 7.18. The maximum absolute atomic E-state index is 14.0. The van der Waals surface area contributed by atoms with E-state index < -0.39 is 23.4 Å². The number of carbonyl (C=O) groups is 2. The standard InChI is InChI=1S/C44H38N6O5/c1-31(51)28-45-41-47-39-38(40(48-41)54-42(52)50(35-23-13-5-14-24-35)36-25-15-6-16-26-36)46-30-49(39)29-43(53)27-37(43)55-44(32-17-7-2-8-18-32,33-19-9-3-10-20-33)34-21-11-4-12-22-34/h2-26,30,37,53H,27-29H2,1H3,(H,45,47,48)/t37-,43-/m1/s1. The maximum Gasteiger partial charge on any atom is 0.425 e. The average Bonchev–Trinajstić information content (AvgIpc) is 3.68. The van der Waals surface area contributed by atoms with Gasteiger partial charge in [0.2, 0.25) is 5.95 Å². The Morgan fingerprint density at radius 3 is 1.76 bits per heavy atom. The normalized spacial score (nSPS) is 16.4. The predicted molar refractivity (Wildman–Crippen MR) is 209 cm³/mol. The van der Waals surface area contributed by atoms with Crippen LogP contribution in [0.2, 0.25) is 0 Å². The van der Waals surface area contributed by atoms with Gasteiger partial charge in [-0.05, 0) is 47.9 Å². The van der Waals surface area contributed by atoms with Crippen molar-refractivity contribution in [1.82, 2.24) is 19.5 Å². The van der Waals surface area contributed by atoms with Crippen LogP contribution in [0.1, 0.15) is 30.0 Å². The molecule has 55 heavy (non-hydrogen) atoms. The Morgan fingerprint density at radius 2 is 1.27 bits per heavy atom. The number of ether oxygens (including phenoxy) is 2. The van der Waals surface area contributed by atoms with Crippen LogP contribution < -0.4 is 15.0 Å². The summed E-state index contributed by atoms with van der Waals surface area (Å²) in [5.41, 5.74) is 2.13. The van der Waals surface area contributed by atoms with Gasteiger partial charge in [0.05, 0.1) is 36.9 Å². The average molecular weight is 731 g/mol. The number of hydrogen-bond acceptors (Lipinski definition) is 9. The summed E-state index contributed by atoms with van der Waals surface area (Å²) in [5.74, 6) is -0.186. The zero-order valence-electron chi connectivity index (χ0n) is 30.0. The largest absolute Gasteiger partial charge is 0.425 e. The van der Waals surface area contributed by atoms with Gasteiger partial charge >= 0.3 is 6.09 Å². The zero-order chi connectivity index (χ0) is 37.8. The second-order valence-corrected chi connectivity index (χ2v) is 13.5. The Hall–Kier alpha value is -6.69. The zero-order valence-corrected chi connectivity index (χ0v) is 30.0.